The lowest BCUT2D eigenvalue weighted by atomic mass is 10.1. The van der Waals surface area contributed by atoms with Gasteiger partial charge in [0.1, 0.15) is 27.9 Å². The third kappa shape index (κ3) is 4.22. The number of thioether (sulfide) groups is 1. The van der Waals surface area contributed by atoms with E-state index in [9.17, 15) is 4.79 Å². The van der Waals surface area contributed by atoms with Crippen molar-refractivity contribution in [1.29, 1.82) is 0 Å². The molecule has 0 bridgehead atoms. The fraction of sp³-hybridized carbons (Fsp3) is 0.143. The first-order chi connectivity index (χ1) is 14.3. The summed E-state index contributed by atoms with van der Waals surface area (Å²) in [7, 11) is 0. The van der Waals surface area contributed by atoms with Crippen molar-refractivity contribution in [2.24, 2.45) is 0 Å². The predicted octanol–water partition coefficient (Wildman–Crippen LogP) is 4.22. The summed E-state index contributed by atoms with van der Waals surface area (Å²) in [5, 5.41) is 3.14. The van der Waals surface area contributed by atoms with Crippen LogP contribution >= 0.6 is 11.8 Å². The molecule has 0 saturated carbocycles. The highest BCUT2D eigenvalue weighted by Crippen LogP contribution is 2.38. The van der Waals surface area contributed by atoms with Crippen molar-refractivity contribution >= 4 is 34.5 Å². The van der Waals surface area contributed by atoms with E-state index in [1.807, 2.05) is 61.5 Å². The molecule has 0 fully saturated rings. The van der Waals surface area contributed by atoms with Crippen LogP contribution in [0.5, 0.6) is 5.75 Å². The minimum atomic E-state index is -0.521. The summed E-state index contributed by atoms with van der Waals surface area (Å²) in [4.78, 5) is 29.0. The first-order valence-corrected chi connectivity index (χ1v) is 10.0. The summed E-state index contributed by atoms with van der Waals surface area (Å²) < 4.78 is 5.63. The molecule has 2 heterocycles. The van der Waals surface area contributed by atoms with Gasteiger partial charge in [0.15, 0.2) is 5.65 Å². The maximum atomic E-state index is 13.3. The molecule has 2 aromatic heterocycles. The van der Waals surface area contributed by atoms with Crippen molar-refractivity contribution < 1.29 is 9.53 Å². The number of hydrogen-bond donors (Lipinski definition) is 2. The van der Waals surface area contributed by atoms with Gasteiger partial charge in [0.25, 0.3) is 0 Å². The van der Waals surface area contributed by atoms with Crippen LogP contribution in [0.15, 0.2) is 72.3 Å². The lowest BCUT2D eigenvalue weighted by Gasteiger charge is -2.18. The monoisotopic (exact) mass is 405 g/mol. The van der Waals surface area contributed by atoms with Gasteiger partial charge in [-0.25, -0.2) is 15.0 Å². The van der Waals surface area contributed by atoms with E-state index in [1.54, 1.807) is 6.33 Å². The first kappa shape index (κ1) is 18.9. The molecule has 2 N–H and O–H groups in total. The Kier molecular flexibility index (Phi) is 5.71. The summed E-state index contributed by atoms with van der Waals surface area (Å²) in [6.07, 6.45) is 3.02. The maximum absolute atomic E-state index is 13.3. The first-order valence-electron chi connectivity index (χ1n) is 9.14. The number of aromatic nitrogens is 4. The Hall–Kier alpha value is -3.39. The summed E-state index contributed by atoms with van der Waals surface area (Å²) in [6, 6.07) is 17.0. The molecule has 0 aliphatic rings. The van der Waals surface area contributed by atoms with Crippen LogP contribution in [0.2, 0.25) is 0 Å². The van der Waals surface area contributed by atoms with Crippen LogP contribution in [0.1, 0.15) is 17.7 Å². The molecule has 7 nitrogen and oxygen atoms in total. The number of carbonyl (C=O) groups is 1. The number of rotatable bonds is 7. The molecule has 4 aromatic rings. The Bertz CT molecular complexity index is 1120. The molecule has 0 aliphatic heterocycles. The molecule has 0 spiro atoms. The average molecular weight is 405 g/mol. The van der Waals surface area contributed by atoms with Crippen LogP contribution in [0.4, 0.5) is 5.69 Å². The van der Waals surface area contributed by atoms with Gasteiger partial charge < -0.3 is 15.0 Å². The molecule has 0 aliphatic carbocycles. The van der Waals surface area contributed by atoms with Crippen LogP contribution in [0.3, 0.4) is 0 Å². The third-order valence-electron chi connectivity index (χ3n) is 4.20. The topological polar surface area (TPSA) is 92.8 Å². The SMILES string of the molecule is CCOc1ccccc1NC(=O)[C@H](Sc1ncnc2nc[nH]c12)c1ccccc1. The number of H-pyrrole nitrogens is 1. The molecule has 2 aromatic carbocycles. The van der Waals surface area contributed by atoms with Crippen molar-refractivity contribution in [3.63, 3.8) is 0 Å². The zero-order valence-corrected chi connectivity index (χ0v) is 16.5. The van der Waals surface area contributed by atoms with Gasteiger partial charge in [-0.2, -0.15) is 0 Å². The van der Waals surface area contributed by atoms with Crippen molar-refractivity contribution in [3.05, 3.63) is 72.8 Å². The Balaban J connectivity index is 1.66. The van der Waals surface area contributed by atoms with E-state index < -0.39 is 5.25 Å². The maximum Gasteiger partial charge on any atom is 0.242 e. The third-order valence-corrected chi connectivity index (χ3v) is 5.46. The lowest BCUT2D eigenvalue weighted by Crippen LogP contribution is -2.19. The Morgan fingerprint density at radius 2 is 1.90 bits per heavy atom. The quantitative estimate of drug-likeness (QED) is 0.353. The lowest BCUT2D eigenvalue weighted by molar-refractivity contribution is -0.115. The second kappa shape index (κ2) is 8.74. The van der Waals surface area contributed by atoms with Crippen LogP contribution in [-0.4, -0.2) is 32.4 Å². The number of amides is 1. The number of fused-ring (bicyclic) bond motifs is 1. The number of para-hydroxylation sites is 2. The highest BCUT2D eigenvalue weighted by molar-refractivity contribution is 8.00. The summed E-state index contributed by atoms with van der Waals surface area (Å²) in [6.45, 7) is 2.43. The summed E-state index contributed by atoms with van der Waals surface area (Å²) in [5.74, 6) is 0.470. The van der Waals surface area contributed by atoms with Gasteiger partial charge in [-0.1, -0.05) is 54.2 Å². The second-order valence-corrected chi connectivity index (χ2v) is 7.20. The van der Waals surface area contributed by atoms with E-state index in [4.69, 9.17) is 4.74 Å². The molecule has 146 valence electrons. The number of nitrogens with zero attached hydrogens (tertiary/aromatic N) is 3. The van der Waals surface area contributed by atoms with E-state index in [0.29, 0.717) is 34.2 Å². The minimum Gasteiger partial charge on any atom is -0.492 e. The molecule has 29 heavy (non-hydrogen) atoms. The number of benzene rings is 2. The van der Waals surface area contributed by atoms with Gasteiger partial charge in [0.05, 0.1) is 18.6 Å². The van der Waals surface area contributed by atoms with Gasteiger partial charge in [0, 0.05) is 0 Å². The van der Waals surface area contributed by atoms with Crippen molar-refractivity contribution in [1.82, 2.24) is 19.9 Å². The molecule has 4 rings (SSSR count). The average Bonchev–Trinajstić information content (AvgIpc) is 3.24. The normalized spacial score (nSPS) is 11.9. The molecule has 0 saturated heterocycles. The summed E-state index contributed by atoms with van der Waals surface area (Å²) >= 11 is 1.35. The number of nitrogens with one attached hydrogen (secondary N) is 2. The van der Waals surface area contributed by atoms with E-state index in [1.165, 1.54) is 18.1 Å². The van der Waals surface area contributed by atoms with Gasteiger partial charge in [0.2, 0.25) is 5.91 Å². The highest BCUT2D eigenvalue weighted by atomic mass is 32.2. The Morgan fingerprint density at radius 3 is 2.72 bits per heavy atom. The summed E-state index contributed by atoms with van der Waals surface area (Å²) in [5.41, 5.74) is 2.78. The molecular weight excluding hydrogens is 386 g/mol. The molecule has 1 amide bonds. The number of hydrogen-bond acceptors (Lipinski definition) is 6. The Morgan fingerprint density at radius 1 is 1.10 bits per heavy atom. The minimum absolute atomic E-state index is 0.167. The molecular formula is C21H19N5O2S. The fourth-order valence-corrected chi connectivity index (χ4v) is 3.95. The fourth-order valence-electron chi connectivity index (χ4n) is 2.89. The van der Waals surface area contributed by atoms with Gasteiger partial charge in [-0.15, -0.1) is 0 Å². The number of aromatic amines is 1. The van der Waals surface area contributed by atoms with Gasteiger partial charge in [-0.3, -0.25) is 4.79 Å². The van der Waals surface area contributed by atoms with Crippen LogP contribution in [0.25, 0.3) is 11.2 Å². The van der Waals surface area contributed by atoms with E-state index in [-0.39, 0.29) is 5.91 Å². The van der Waals surface area contributed by atoms with E-state index in [0.717, 1.165) is 5.56 Å². The number of anilines is 1. The number of imidazole rings is 1. The molecule has 1 atom stereocenters. The predicted molar refractivity (Wildman–Crippen MR) is 113 cm³/mol. The van der Waals surface area contributed by atoms with Crippen molar-refractivity contribution in [2.75, 3.05) is 11.9 Å². The van der Waals surface area contributed by atoms with Crippen LogP contribution in [0, 0.1) is 0 Å². The zero-order valence-electron chi connectivity index (χ0n) is 15.7. The smallest absolute Gasteiger partial charge is 0.242 e. The van der Waals surface area contributed by atoms with Crippen LogP contribution < -0.4 is 10.1 Å². The van der Waals surface area contributed by atoms with Gasteiger partial charge in [-0.05, 0) is 24.6 Å². The van der Waals surface area contributed by atoms with E-state index >= 15 is 0 Å². The number of carbonyl (C=O) groups excluding carboxylic acids is 1. The molecule has 0 unspecified atom stereocenters. The van der Waals surface area contributed by atoms with Crippen LogP contribution in [-0.2, 0) is 4.79 Å². The largest absolute Gasteiger partial charge is 0.492 e. The molecule has 0 radical (unpaired) electrons. The number of ether oxygens (including phenoxy) is 1. The van der Waals surface area contributed by atoms with Gasteiger partial charge >= 0.3 is 0 Å². The zero-order chi connectivity index (χ0) is 20.1. The Labute approximate surface area is 172 Å². The van der Waals surface area contributed by atoms with Crippen molar-refractivity contribution in [2.45, 2.75) is 17.2 Å². The highest BCUT2D eigenvalue weighted by Gasteiger charge is 2.25. The second-order valence-electron chi connectivity index (χ2n) is 6.11. The van der Waals surface area contributed by atoms with Crippen molar-refractivity contribution in [3.8, 4) is 5.75 Å². The molecule has 8 heteroatoms. The standard InChI is InChI=1S/C21H19N5O2S/c1-2-28-16-11-7-6-10-15(16)26-20(27)18(14-8-4-3-5-9-14)29-21-17-19(23-12-22-17)24-13-25-21/h3-13,18H,2H2,1H3,(H,26,27)(H,22,23,24,25)/t18-/m1/s1. The van der Waals surface area contributed by atoms with E-state index in [2.05, 4.69) is 25.3 Å².